The number of amides is 2. The first-order chi connectivity index (χ1) is 7.24. The van der Waals surface area contributed by atoms with Crippen molar-refractivity contribution in [3.05, 3.63) is 41.3 Å². The van der Waals surface area contributed by atoms with Crippen LogP contribution in [0.5, 0.6) is 0 Å². The van der Waals surface area contributed by atoms with Gasteiger partial charge in [-0.3, -0.25) is 9.59 Å². The van der Waals surface area contributed by atoms with Crippen molar-refractivity contribution in [3.63, 3.8) is 0 Å². The molecule has 2 rings (SSSR count). The second-order valence-corrected chi connectivity index (χ2v) is 3.88. The molecule has 0 radical (unpaired) electrons. The number of rotatable bonds is 2. The van der Waals surface area contributed by atoms with Gasteiger partial charge in [0, 0.05) is 6.08 Å². The van der Waals surface area contributed by atoms with E-state index in [1.54, 1.807) is 30.5 Å². The van der Waals surface area contributed by atoms with E-state index in [2.05, 4.69) is 0 Å². The number of carbonyl (C=O) groups is 2. The van der Waals surface area contributed by atoms with E-state index in [0.717, 1.165) is 0 Å². The van der Waals surface area contributed by atoms with Gasteiger partial charge < -0.3 is 0 Å². The molecular weight excluding hydrogens is 210 g/mol. The molecule has 1 heterocycles. The summed E-state index contributed by atoms with van der Waals surface area (Å²) in [6.45, 7) is 0. The average Bonchev–Trinajstić information content (AvgIpc) is 2.55. The van der Waals surface area contributed by atoms with Gasteiger partial charge in [0.2, 0.25) is 0 Å². The summed E-state index contributed by atoms with van der Waals surface area (Å²) in [5.41, 5.74) is 0.618. The maximum absolute atomic E-state index is 11.8. The number of anilines is 1. The average molecular weight is 219 g/mol. The van der Waals surface area contributed by atoms with Gasteiger partial charge in [-0.2, -0.15) is 0 Å². The van der Waals surface area contributed by atoms with Gasteiger partial charge >= 0.3 is 0 Å². The molecule has 0 spiro atoms. The highest BCUT2D eigenvalue weighted by atomic mass is 32.2. The SMILES string of the molecule is CSC1=CC(=O)N(c2ccccc2)C1=O. The Morgan fingerprint density at radius 1 is 1.13 bits per heavy atom. The summed E-state index contributed by atoms with van der Waals surface area (Å²) in [6, 6.07) is 8.93. The first kappa shape index (κ1) is 9.98. The lowest BCUT2D eigenvalue weighted by Gasteiger charge is -2.13. The number of imide groups is 1. The van der Waals surface area contributed by atoms with Gasteiger partial charge in [0.15, 0.2) is 0 Å². The van der Waals surface area contributed by atoms with Gasteiger partial charge in [-0.15, -0.1) is 11.8 Å². The summed E-state index contributed by atoms with van der Waals surface area (Å²) < 4.78 is 0. The standard InChI is InChI=1S/C11H9NO2S/c1-15-9-7-10(13)12(11(9)14)8-5-3-2-4-6-8/h2-7H,1H3. The normalized spacial score (nSPS) is 15.8. The fourth-order valence-corrected chi connectivity index (χ4v) is 1.90. The van der Waals surface area contributed by atoms with Gasteiger partial charge in [-0.25, -0.2) is 4.90 Å². The molecule has 0 fully saturated rings. The summed E-state index contributed by atoms with van der Waals surface area (Å²) in [7, 11) is 0. The second kappa shape index (κ2) is 3.90. The molecule has 1 aliphatic rings. The van der Waals surface area contributed by atoms with Crippen molar-refractivity contribution >= 4 is 29.3 Å². The van der Waals surface area contributed by atoms with E-state index in [-0.39, 0.29) is 11.8 Å². The Balaban J connectivity index is 2.35. The van der Waals surface area contributed by atoms with E-state index >= 15 is 0 Å². The van der Waals surface area contributed by atoms with E-state index < -0.39 is 0 Å². The zero-order chi connectivity index (χ0) is 10.8. The van der Waals surface area contributed by atoms with Crippen molar-refractivity contribution in [2.45, 2.75) is 0 Å². The third-order valence-corrected chi connectivity index (χ3v) is 2.86. The third kappa shape index (κ3) is 1.68. The second-order valence-electron chi connectivity index (χ2n) is 3.03. The molecule has 1 aromatic carbocycles. The number of hydrogen-bond donors (Lipinski definition) is 0. The van der Waals surface area contributed by atoms with Crippen LogP contribution in [0.4, 0.5) is 5.69 Å². The highest BCUT2D eigenvalue weighted by Gasteiger charge is 2.31. The van der Waals surface area contributed by atoms with E-state index in [1.165, 1.54) is 22.7 Å². The van der Waals surface area contributed by atoms with Crippen LogP contribution in [0.1, 0.15) is 0 Å². The van der Waals surface area contributed by atoms with Crippen molar-refractivity contribution in [1.82, 2.24) is 0 Å². The van der Waals surface area contributed by atoms with E-state index in [4.69, 9.17) is 0 Å². The third-order valence-electron chi connectivity index (χ3n) is 2.12. The Labute approximate surface area is 91.8 Å². The smallest absolute Gasteiger partial charge is 0.269 e. The first-order valence-corrected chi connectivity index (χ1v) is 5.65. The Morgan fingerprint density at radius 3 is 2.33 bits per heavy atom. The zero-order valence-corrected chi connectivity index (χ0v) is 8.95. The van der Waals surface area contributed by atoms with Crippen LogP contribution >= 0.6 is 11.8 Å². The molecule has 0 aromatic heterocycles. The van der Waals surface area contributed by atoms with Crippen molar-refractivity contribution in [2.75, 3.05) is 11.2 Å². The van der Waals surface area contributed by atoms with Crippen LogP contribution in [0, 0.1) is 0 Å². The van der Waals surface area contributed by atoms with Crippen LogP contribution in [0.15, 0.2) is 41.3 Å². The summed E-state index contributed by atoms with van der Waals surface area (Å²) in [5, 5.41) is 0. The fourth-order valence-electron chi connectivity index (χ4n) is 1.42. The maximum atomic E-state index is 11.8. The Hall–Kier alpha value is -1.55. The monoisotopic (exact) mass is 219 g/mol. The van der Waals surface area contributed by atoms with Gasteiger partial charge in [-0.05, 0) is 18.4 Å². The molecule has 0 aliphatic carbocycles. The van der Waals surface area contributed by atoms with Gasteiger partial charge in [0.25, 0.3) is 11.8 Å². The van der Waals surface area contributed by atoms with Crippen molar-refractivity contribution in [3.8, 4) is 0 Å². The van der Waals surface area contributed by atoms with Crippen LogP contribution < -0.4 is 4.90 Å². The number of benzene rings is 1. The lowest BCUT2D eigenvalue weighted by molar-refractivity contribution is -0.120. The minimum absolute atomic E-state index is 0.237. The van der Waals surface area contributed by atoms with Crippen molar-refractivity contribution in [1.29, 1.82) is 0 Å². The molecule has 2 amide bonds. The van der Waals surface area contributed by atoms with E-state index in [9.17, 15) is 9.59 Å². The molecular formula is C11H9NO2S. The summed E-state index contributed by atoms with van der Waals surface area (Å²) in [5.74, 6) is -0.505. The molecule has 1 aromatic rings. The molecule has 0 N–H and O–H groups in total. The quantitative estimate of drug-likeness (QED) is 0.712. The molecule has 0 bridgehead atoms. The van der Waals surface area contributed by atoms with Gasteiger partial charge in [0.1, 0.15) is 0 Å². The number of carbonyl (C=O) groups excluding carboxylic acids is 2. The van der Waals surface area contributed by atoms with E-state index in [1.807, 2.05) is 6.07 Å². The minimum atomic E-state index is -0.268. The molecule has 0 saturated heterocycles. The van der Waals surface area contributed by atoms with Crippen LogP contribution in [-0.4, -0.2) is 18.1 Å². The predicted molar refractivity (Wildman–Crippen MR) is 60.5 cm³/mol. The van der Waals surface area contributed by atoms with Crippen molar-refractivity contribution < 1.29 is 9.59 Å². The van der Waals surface area contributed by atoms with Gasteiger partial charge in [-0.1, -0.05) is 18.2 Å². The number of nitrogens with zero attached hydrogens (tertiary/aromatic N) is 1. The van der Waals surface area contributed by atoms with E-state index in [0.29, 0.717) is 10.6 Å². The van der Waals surface area contributed by atoms with Gasteiger partial charge in [0.05, 0.1) is 10.6 Å². The molecule has 76 valence electrons. The highest BCUT2D eigenvalue weighted by Crippen LogP contribution is 2.26. The van der Waals surface area contributed by atoms with Crippen LogP contribution in [0.25, 0.3) is 0 Å². The van der Waals surface area contributed by atoms with Crippen LogP contribution in [0.3, 0.4) is 0 Å². The van der Waals surface area contributed by atoms with Crippen LogP contribution in [-0.2, 0) is 9.59 Å². The molecule has 4 heteroatoms. The molecule has 1 aliphatic heterocycles. The van der Waals surface area contributed by atoms with Crippen LogP contribution in [0.2, 0.25) is 0 Å². The highest BCUT2D eigenvalue weighted by molar-refractivity contribution is 8.03. The lowest BCUT2D eigenvalue weighted by Crippen LogP contribution is -2.30. The zero-order valence-electron chi connectivity index (χ0n) is 8.14. The Kier molecular flexibility index (Phi) is 2.60. The number of para-hydroxylation sites is 1. The molecule has 0 atom stereocenters. The number of hydrogen-bond acceptors (Lipinski definition) is 3. The molecule has 0 saturated carbocycles. The lowest BCUT2D eigenvalue weighted by atomic mass is 10.3. The first-order valence-electron chi connectivity index (χ1n) is 4.43. The fraction of sp³-hybridized carbons (Fsp3) is 0.0909. The Bertz CT molecular complexity index is 439. The molecule has 3 nitrogen and oxygen atoms in total. The molecule has 0 unspecified atom stereocenters. The number of thioether (sulfide) groups is 1. The van der Waals surface area contributed by atoms with Crippen molar-refractivity contribution in [2.24, 2.45) is 0 Å². The predicted octanol–water partition coefficient (Wildman–Crippen LogP) is 1.81. The maximum Gasteiger partial charge on any atom is 0.271 e. The largest absolute Gasteiger partial charge is 0.271 e. The summed E-state index contributed by atoms with van der Waals surface area (Å²) in [4.78, 5) is 25.0. The topological polar surface area (TPSA) is 37.4 Å². The summed E-state index contributed by atoms with van der Waals surface area (Å²) in [6.07, 6.45) is 3.16. The minimum Gasteiger partial charge on any atom is -0.269 e. The summed E-state index contributed by atoms with van der Waals surface area (Å²) >= 11 is 1.29. The molecule has 15 heavy (non-hydrogen) atoms. The Morgan fingerprint density at radius 2 is 1.80 bits per heavy atom.